The molecule has 3 heterocycles. The molecular formula is C26H50N8O6. The number of aliphatic hydroxyl groups is 2. The van der Waals surface area contributed by atoms with E-state index >= 15 is 0 Å². The lowest BCUT2D eigenvalue weighted by molar-refractivity contribution is -0.149. The number of carbonyl (C=O) groups excluding carboxylic acids is 2. The molecule has 4 rings (SSSR count). The molecule has 0 bridgehead atoms. The molecule has 1 saturated carbocycles. The largest absolute Gasteiger partial charge is 0.465 e. The van der Waals surface area contributed by atoms with Crippen LogP contribution in [0.3, 0.4) is 0 Å². The Hall–Kier alpha value is -1.62. The summed E-state index contributed by atoms with van der Waals surface area (Å²) in [5.41, 5.74) is 6.15. The summed E-state index contributed by atoms with van der Waals surface area (Å²) < 4.78 is 11.5. The number of likely N-dealkylation sites (N-methyl/N-ethyl adjacent to an activating group) is 1. The summed E-state index contributed by atoms with van der Waals surface area (Å²) in [5, 5.41) is 37.2. The maximum Gasteiger partial charge on any atom is 0.315 e. The number of amides is 2. The Balaban J connectivity index is 1.09. The Morgan fingerprint density at radius 3 is 2.65 bits per heavy atom. The molecule has 0 aromatic heterocycles. The van der Waals surface area contributed by atoms with Gasteiger partial charge in [-0.2, -0.15) is 0 Å². The van der Waals surface area contributed by atoms with Gasteiger partial charge in [0.15, 0.2) is 0 Å². The van der Waals surface area contributed by atoms with Crippen molar-refractivity contribution in [2.75, 3.05) is 46.6 Å². The predicted octanol–water partition coefficient (Wildman–Crippen LogP) is -2.05. The molecule has 14 nitrogen and oxygen atoms in total. The molecular weight excluding hydrogens is 520 g/mol. The van der Waals surface area contributed by atoms with Crippen molar-refractivity contribution < 1.29 is 29.3 Å². The first-order valence-corrected chi connectivity index (χ1v) is 14.9. The summed E-state index contributed by atoms with van der Waals surface area (Å²) in [7, 11) is 1.93. The van der Waals surface area contributed by atoms with Gasteiger partial charge in [-0.1, -0.05) is 13.3 Å². The SMILES string of the molecule is CCCCOC(=O)C1CCC(NC(=O)NCCCN(C)C[C@H]2O[C@@H](N3CNC4C(N)NCNC43)[C@H](O)[C@@H]2O)CC1. The Morgan fingerprint density at radius 1 is 1.12 bits per heavy atom. The summed E-state index contributed by atoms with van der Waals surface area (Å²) in [6.45, 7) is 5.26. The van der Waals surface area contributed by atoms with Crippen molar-refractivity contribution in [3.8, 4) is 0 Å². The third-order valence-corrected chi connectivity index (χ3v) is 8.54. The standard InChI is InChI=1S/C26H50N8O6/c1-3-4-12-39-25(37)16-6-8-17(9-7-16)32-26(38)28-10-5-11-33(2)13-18-20(35)21(36)24(40-18)34-15-31-19-22(27)29-14-30-23(19)34/h16-24,29-31,35-36H,3-15,27H2,1-2H3,(H2,28,32,38)/t16?,17?,18-,19?,20-,21-,22?,23?,24-/m1/s1. The van der Waals surface area contributed by atoms with E-state index in [9.17, 15) is 19.8 Å². The molecule has 7 atom stereocenters. The first-order valence-electron chi connectivity index (χ1n) is 14.9. The van der Waals surface area contributed by atoms with E-state index in [1.165, 1.54) is 0 Å². The molecule has 14 heteroatoms. The van der Waals surface area contributed by atoms with E-state index in [-0.39, 0.29) is 42.3 Å². The summed E-state index contributed by atoms with van der Waals surface area (Å²) in [4.78, 5) is 28.5. The number of unbranched alkanes of at least 4 members (excludes halogenated alkanes) is 1. The second kappa shape index (κ2) is 15.0. The summed E-state index contributed by atoms with van der Waals surface area (Å²) in [6, 6.07) is -0.150. The van der Waals surface area contributed by atoms with Crippen molar-refractivity contribution >= 4 is 12.0 Å². The van der Waals surface area contributed by atoms with Gasteiger partial charge in [0.25, 0.3) is 0 Å². The van der Waals surface area contributed by atoms with E-state index in [2.05, 4.69) is 33.5 Å². The van der Waals surface area contributed by atoms with Crippen LogP contribution in [0.5, 0.6) is 0 Å². The average Bonchev–Trinajstić information content (AvgIpc) is 3.49. The molecule has 0 radical (unpaired) electrons. The van der Waals surface area contributed by atoms with Gasteiger partial charge in [0.05, 0.1) is 37.6 Å². The molecule has 0 spiro atoms. The van der Waals surface area contributed by atoms with Gasteiger partial charge >= 0.3 is 12.0 Å². The molecule has 2 amide bonds. The first-order chi connectivity index (χ1) is 19.3. The smallest absolute Gasteiger partial charge is 0.315 e. The summed E-state index contributed by atoms with van der Waals surface area (Å²) >= 11 is 0. The topological polar surface area (TPSA) is 186 Å². The number of esters is 1. The fourth-order valence-corrected chi connectivity index (χ4v) is 6.10. The molecule has 4 aliphatic rings. The molecule has 9 N–H and O–H groups in total. The van der Waals surface area contributed by atoms with Crippen LogP contribution in [0.2, 0.25) is 0 Å². The lowest BCUT2D eigenvalue weighted by Gasteiger charge is -2.38. The monoisotopic (exact) mass is 570 g/mol. The van der Waals surface area contributed by atoms with Crippen molar-refractivity contribution in [1.29, 1.82) is 0 Å². The average molecular weight is 571 g/mol. The van der Waals surface area contributed by atoms with Crippen LogP contribution in [0, 0.1) is 5.92 Å². The fourth-order valence-electron chi connectivity index (χ4n) is 6.10. The molecule has 0 aromatic rings. The van der Waals surface area contributed by atoms with Gasteiger partial charge in [0.2, 0.25) is 0 Å². The van der Waals surface area contributed by atoms with Crippen LogP contribution in [-0.2, 0) is 14.3 Å². The number of carbonyl (C=O) groups is 2. The number of hydrogen-bond donors (Lipinski definition) is 8. The van der Waals surface area contributed by atoms with Crippen molar-refractivity contribution in [3.05, 3.63) is 0 Å². The minimum absolute atomic E-state index is 0.0257. The quantitative estimate of drug-likeness (QED) is 0.0950. The zero-order valence-electron chi connectivity index (χ0n) is 23.9. The number of urea groups is 1. The van der Waals surface area contributed by atoms with E-state index in [0.29, 0.717) is 39.6 Å². The molecule has 40 heavy (non-hydrogen) atoms. The number of nitrogens with two attached hydrogens (primary N) is 1. The normalized spacial score (nSPS) is 36.4. The van der Waals surface area contributed by atoms with Crippen LogP contribution in [0.15, 0.2) is 0 Å². The summed E-state index contributed by atoms with van der Waals surface area (Å²) in [6.07, 6.45) is 2.13. The van der Waals surface area contributed by atoms with Crippen LogP contribution in [-0.4, -0.2) is 128 Å². The Kier molecular flexibility index (Phi) is 11.8. The highest BCUT2D eigenvalue weighted by molar-refractivity contribution is 5.74. The Labute approximate surface area is 237 Å². The lowest BCUT2D eigenvalue weighted by Crippen LogP contribution is -2.68. The maximum atomic E-state index is 12.4. The third kappa shape index (κ3) is 8.01. The van der Waals surface area contributed by atoms with Crippen LogP contribution in [0.4, 0.5) is 4.79 Å². The van der Waals surface area contributed by atoms with E-state index in [0.717, 1.165) is 44.9 Å². The van der Waals surface area contributed by atoms with Crippen molar-refractivity contribution in [2.24, 2.45) is 11.7 Å². The van der Waals surface area contributed by atoms with E-state index in [1.807, 2.05) is 16.8 Å². The number of ether oxygens (including phenoxy) is 2. The number of rotatable bonds is 12. The third-order valence-electron chi connectivity index (χ3n) is 8.54. The van der Waals surface area contributed by atoms with E-state index in [1.54, 1.807) is 0 Å². The molecule has 1 aliphatic carbocycles. The molecule has 3 unspecified atom stereocenters. The lowest BCUT2D eigenvalue weighted by atomic mass is 9.86. The van der Waals surface area contributed by atoms with Gasteiger partial charge in [-0.05, 0) is 52.1 Å². The number of hydrogen-bond acceptors (Lipinski definition) is 12. The van der Waals surface area contributed by atoms with E-state index < -0.39 is 24.5 Å². The molecule has 3 aliphatic heterocycles. The summed E-state index contributed by atoms with van der Waals surface area (Å²) in [5.74, 6) is -0.165. The Morgan fingerprint density at radius 2 is 1.90 bits per heavy atom. The number of aliphatic hydroxyl groups excluding tert-OH is 2. The van der Waals surface area contributed by atoms with Gasteiger partial charge in [-0.15, -0.1) is 0 Å². The van der Waals surface area contributed by atoms with Crippen LogP contribution in [0.1, 0.15) is 51.9 Å². The molecule has 230 valence electrons. The zero-order valence-corrected chi connectivity index (χ0v) is 23.9. The van der Waals surface area contributed by atoms with Gasteiger partial charge in [0.1, 0.15) is 24.5 Å². The molecule has 3 saturated heterocycles. The number of fused-ring (bicyclic) bond motifs is 1. The van der Waals surface area contributed by atoms with Gasteiger partial charge in [0, 0.05) is 25.8 Å². The number of nitrogens with zero attached hydrogens (tertiary/aromatic N) is 2. The van der Waals surface area contributed by atoms with Gasteiger partial charge < -0.3 is 41.0 Å². The van der Waals surface area contributed by atoms with Crippen LogP contribution in [0.25, 0.3) is 0 Å². The number of nitrogens with one attached hydrogen (secondary N) is 5. The second-order valence-electron chi connectivity index (χ2n) is 11.6. The minimum Gasteiger partial charge on any atom is -0.465 e. The highest BCUT2D eigenvalue weighted by Crippen LogP contribution is 2.29. The molecule has 0 aromatic carbocycles. The molecule has 4 fully saturated rings. The predicted molar refractivity (Wildman–Crippen MR) is 147 cm³/mol. The zero-order chi connectivity index (χ0) is 28.6. The van der Waals surface area contributed by atoms with Crippen molar-refractivity contribution in [3.63, 3.8) is 0 Å². The highest BCUT2D eigenvalue weighted by atomic mass is 16.6. The highest BCUT2D eigenvalue weighted by Gasteiger charge is 2.51. The van der Waals surface area contributed by atoms with Crippen molar-refractivity contribution in [2.45, 2.75) is 101 Å². The first kappa shape index (κ1) is 31.3. The minimum atomic E-state index is -1.03. The van der Waals surface area contributed by atoms with Gasteiger partial charge in [-0.25, -0.2) is 9.69 Å². The second-order valence-corrected chi connectivity index (χ2v) is 11.6. The van der Waals surface area contributed by atoms with E-state index in [4.69, 9.17) is 15.2 Å². The van der Waals surface area contributed by atoms with Crippen molar-refractivity contribution in [1.82, 2.24) is 36.4 Å². The maximum absolute atomic E-state index is 12.4. The van der Waals surface area contributed by atoms with Crippen LogP contribution >= 0.6 is 0 Å². The Bertz CT molecular complexity index is 818. The van der Waals surface area contributed by atoms with Gasteiger partial charge in [-0.3, -0.25) is 20.7 Å². The fraction of sp³-hybridized carbons (Fsp3) is 0.923. The van der Waals surface area contributed by atoms with Crippen LogP contribution < -0.4 is 32.3 Å².